The van der Waals surface area contributed by atoms with Crippen LogP contribution in [0.1, 0.15) is 39.0 Å². The molecule has 0 spiro atoms. The first-order valence-corrected chi connectivity index (χ1v) is 6.86. The van der Waals surface area contributed by atoms with Crippen LogP contribution in [0.15, 0.2) is 12.2 Å². The highest BCUT2D eigenvalue weighted by Gasteiger charge is 2.26. The lowest BCUT2D eigenvalue weighted by Crippen LogP contribution is -2.48. The third kappa shape index (κ3) is 3.08. The summed E-state index contributed by atoms with van der Waals surface area (Å²) < 4.78 is 0. The van der Waals surface area contributed by atoms with E-state index in [9.17, 15) is 0 Å². The van der Waals surface area contributed by atoms with Gasteiger partial charge in [-0.05, 0) is 58.5 Å². The second-order valence-electron chi connectivity index (χ2n) is 5.50. The molecule has 0 radical (unpaired) electrons. The van der Waals surface area contributed by atoms with Crippen LogP contribution < -0.4 is 5.32 Å². The fraction of sp³-hybridized carbons (Fsp3) is 0.857. The molecule has 0 aromatic rings. The Morgan fingerprint density at radius 2 is 2.19 bits per heavy atom. The number of nitrogens with zero attached hydrogens (tertiary/aromatic N) is 1. The van der Waals surface area contributed by atoms with Gasteiger partial charge in [-0.15, -0.1) is 0 Å². The second kappa shape index (κ2) is 5.83. The average Bonchev–Trinajstić information content (AvgIpc) is 2.33. The lowest BCUT2D eigenvalue weighted by atomic mass is 9.91. The van der Waals surface area contributed by atoms with Gasteiger partial charge in [-0.2, -0.15) is 0 Å². The summed E-state index contributed by atoms with van der Waals surface area (Å²) in [7, 11) is 2.10. The van der Waals surface area contributed by atoms with Gasteiger partial charge in [0.25, 0.3) is 0 Å². The Kier molecular flexibility index (Phi) is 4.42. The van der Waals surface area contributed by atoms with Crippen LogP contribution in [-0.4, -0.2) is 37.1 Å². The summed E-state index contributed by atoms with van der Waals surface area (Å²) in [5, 5.41) is 3.42. The molecule has 0 aromatic heterocycles. The molecular weight excluding hydrogens is 196 g/mol. The molecule has 2 nitrogen and oxygen atoms in total. The molecule has 2 rings (SSSR count). The smallest absolute Gasteiger partial charge is 0.00910 e. The van der Waals surface area contributed by atoms with Crippen molar-refractivity contribution >= 4 is 0 Å². The van der Waals surface area contributed by atoms with E-state index in [1.165, 1.54) is 45.2 Å². The fourth-order valence-electron chi connectivity index (χ4n) is 3.11. The van der Waals surface area contributed by atoms with Crippen LogP contribution in [-0.2, 0) is 0 Å². The SMILES string of the molecule is CNC1CCN(CC2CC=CCC2)C(C)C1. The van der Waals surface area contributed by atoms with Gasteiger partial charge in [-0.1, -0.05) is 12.2 Å². The molecule has 0 bridgehead atoms. The quantitative estimate of drug-likeness (QED) is 0.738. The summed E-state index contributed by atoms with van der Waals surface area (Å²) in [6.45, 7) is 5.00. The topological polar surface area (TPSA) is 15.3 Å². The number of hydrogen-bond donors (Lipinski definition) is 1. The van der Waals surface area contributed by atoms with E-state index in [-0.39, 0.29) is 0 Å². The van der Waals surface area contributed by atoms with Crippen LogP contribution in [0.3, 0.4) is 0 Å². The van der Waals surface area contributed by atoms with E-state index in [1.54, 1.807) is 0 Å². The van der Waals surface area contributed by atoms with Crippen molar-refractivity contribution in [2.24, 2.45) is 5.92 Å². The van der Waals surface area contributed by atoms with Crippen LogP contribution in [0, 0.1) is 5.92 Å². The van der Waals surface area contributed by atoms with Crippen molar-refractivity contribution in [1.82, 2.24) is 10.2 Å². The minimum absolute atomic E-state index is 0.748. The maximum Gasteiger partial charge on any atom is 0.00910 e. The summed E-state index contributed by atoms with van der Waals surface area (Å²) in [5.74, 6) is 0.915. The van der Waals surface area contributed by atoms with Gasteiger partial charge in [0.2, 0.25) is 0 Å². The number of allylic oxidation sites excluding steroid dienone is 2. The van der Waals surface area contributed by atoms with Gasteiger partial charge in [-0.3, -0.25) is 0 Å². The molecule has 92 valence electrons. The summed E-state index contributed by atoms with van der Waals surface area (Å²) in [6.07, 6.45) is 11.4. The number of nitrogens with one attached hydrogen (secondary N) is 1. The lowest BCUT2D eigenvalue weighted by Gasteiger charge is -2.39. The first kappa shape index (κ1) is 12.1. The molecule has 1 aliphatic carbocycles. The van der Waals surface area contributed by atoms with Crippen LogP contribution in [0.4, 0.5) is 0 Å². The first-order valence-electron chi connectivity index (χ1n) is 6.86. The van der Waals surface area contributed by atoms with Crippen LogP contribution in [0.25, 0.3) is 0 Å². The number of rotatable bonds is 3. The molecule has 1 aliphatic heterocycles. The van der Waals surface area contributed by atoms with Gasteiger partial charge >= 0.3 is 0 Å². The van der Waals surface area contributed by atoms with Crippen LogP contribution in [0.5, 0.6) is 0 Å². The van der Waals surface area contributed by atoms with Gasteiger partial charge in [0.1, 0.15) is 0 Å². The minimum atomic E-state index is 0.748. The molecule has 1 saturated heterocycles. The highest BCUT2D eigenvalue weighted by atomic mass is 15.2. The Bertz CT molecular complexity index is 237. The van der Waals surface area contributed by atoms with E-state index in [4.69, 9.17) is 0 Å². The highest BCUT2D eigenvalue weighted by molar-refractivity contribution is 4.92. The van der Waals surface area contributed by atoms with E-state index in [0.717, 1.165) is 18.0 Å². The van der Waals surface area contributed by atoms with Crippen molar-refractivity contribution in [3.63, 3.8) is 0 Å². The molecule has 2 aliphatic rings. The Labute approximate surface area is 100 Å². The Morgan fingerprint density at radius 3 is 2.81 bits per heavy atom. The molecule has 0 amide bonds. The maximum absolute atomic E-state index is 3.42. The predicted octanol–water partition coefficient (Wildman–Crippen LogP) is 2.42. The third-order valence-corrected chi connectivity index (χ3v) is 4.29. The Balaban J connectivity index is 1.79. The van der Waals surface area contributed by atoms with Gasteiger partial charge < -0.3 is 10.2 Å². The molecule has 2 heteroatoms. The summed E-state index contributed by atoms with van der Waals surface area (Å²) in [5.41, 5.74) is 0. The zero-order valence-corrected chi connectivity index (χ0v) is 10.8. The summed E-state index contributed by atoms with van der Waals surface area (Å²) in [6, 6.07) is 1.51. The van der Waals surface area contributed by atoms with E-state index in [1.807, 2.05) is 0 Å². The van der Waals surface area contributed by atoms with Gasteiger partial charge in [0.05, 0.1) is 0 Å². The van der Waals surface area contributed by atoms with Crippen molar-refractivity contribution in [3.05, 3.63) is 12.2 Å². The number of likely N-dealkylation sites (tertiary alicyclic amines) is 1. The number of hydrogen-bond acceptors (Lipinski definition) is 2. The van der Waals surface area contributed by atoms with E-state index in [2.05, 4.69) is 36.3 Å². The lowest BCUT2D eigenvalue weighted by molar-refractivity contribution is 0.115. The summed E-state index contributed by atoms with van der Waals surface area (Å²) in [4.78, 5) is 2.71. The normalized spacial score (nSPS) is 36.5. The largest absolute Gasteiger partial charge is 0.317 e. The Morgan fingerprint density at radius 1 is 1.31 bits per heavy atom. The van der Waals surface area contributed by atoms with Crippen LogP contribution in [0.2, 0.25) is 0 Å². The monoisotopic (exact) mass is 222 g/mol. The molecule has 0 saturated carbocycles. The van der Waals surface area contributed by atoms with Gasteiger partial charge in [-0.25, -0.2) is 0 Å². The molecule has 0 aromatic carbocycles. The van der Waals surface area contributed by atoms with Gasteiger partial charge in [0, 0.05) is 18.6 Å². The second-order valence-corrected chi connectivity index (χ2v) is 5.50. The highest BCUT2D eigenvalue weighted by Crippen LogP contribution is 2.23. The molecule has 3 unspecified atom stereocenters. The van der Waals surface area contributed by atoms with Crippen molar-refractivity contribution < 1.29 is 0 Å². The zero-order chi connectivity index (χ0) is 11.4. The summed E-state index contributed by atoms with van der Waals surface area (Å²) >= 11 is 0. The van der Waals surface area contributed by atoms with E-state index in [0.29, 0.717) is 0 Å². The fourth-order valence-corrected chi connectivity index (χ4v) is 3.11. The standard InChI is InChI=1S/C14H26N2/c1-12-10-14(15-2)8-9-16(12)11-13-6-4-3-5-7-13/h3-4,12-15H,5-11H2,1-2H3. The minimum Gasteiger partial charge on any atom is -0.317 e. The maximum atomic E-state index is 3.42. The zero-order valence-electron chi connectivity index (χ0n) is 10.8. The average molecular weight is 222 g/mol. The molecule has 1 fully saturated rings. The van der Waals surface area contributed by atoms with Crippen molar-refractivity contribution in [2.45, 2.75) is 51.1 Å². The molecule has 16 heavy (non-hydrogen) atoms. The number of piperidine rings is 1. The van der Waals surface area contributed by atoms with E-state index >= 15 is 0 Å². The van der Waals surface area contributed by atoms with Crippen molar-refractivity contribution in [1.29, 1.82) is 0 Å². The third-order valence-electron chi connectivity index (χ3n) is 4.29. The van der Waals surface area contributed by atoms with Crippen molar-refractivity contribution in [3.8, 4) is 0 Å². The Hall–Kier alpha value is -0.340. The van der Waals surface area contributed by atoms with Gasteiger partial charge in [0.15, 0.2) is 0 Å². The predicted molar refractivity (Wildman–Crippen MR) is 69.6 cm³/mol. The van der Waals surface area contributed by atoms with E-state index < -0.39 is 0 Å². The molecule has 3 atom stereocenters. The molecular formula is C14H26N2. The molecule has 1 N–H and O–H groups in total. The van der Waals surface area contributed by atoms with Crippen LogP contribution >= 0.6 is 0 Å². The molecule has 1 heterocycles. The first-order chi connectivity index (χ1) is 7.79. The van der Waals surface area contributed by atoms with Crippen molar-refractivity contribution in [2.75, 3.05) is 20.1 Å².